The van der Waals surface area contributed by atoms with E-state index in [0.717, 1.165) is 22.4 Å². The van der Waals surface area contributed by atoms with Crippen LogP contribution in [0.4, 0.5) is 5.69 Å². The summed E-state index contributed by atoms with van der Waals surface area (Å²) in [5.41, 5.74) is 4.10. The molecule has 1 aliphatic rings. The Hall–Kier alpha value is -2.17. The number of allylic oxidation sites excluding steroid dienone is 2. The molecule has 0 atom stereocenters. The summed E-state index contributed by atoms with van der Waals surface area (Å²) in [5, 5.41) is 0. The molecule has 2 aromatic carbocycles. The number of aryl methyl sites for hydroxylation is 1. The lowest BCUT2D eigenvalue weighted by atomic mass is 10.1. The lowest BCUT2D eigenvalue weighted by Gasteiger charge is -2.14. The quantitative estimate of drug-likeness (QED) is 0.549. The van der Waals surface area contributed by atoms with Gasteiger partial charge in [-0.1, -0.05) is 78.1 Å². The number of benzene rings is 2. The van der Waals surface area contributed by atoms with Crippen molar-refractivity contribution in [3.63, 3.8) is 0 Å². The minimum atomic E-state index is -0.0605. The zero-order valence-electron chi connectivity index (χ0n) is 13.5. The van der Waals surface area contributed by atoms with Crippen LogP contribution in [0.15, 0.2) is 71.2 Å². The number of amides is 1. The van der Waals surface area contributed by atoms with Crippen LogP contribution in [0.1, 0.15) is 18.1 Å². The van der Waals surface area contributed by atoms with Gasteiger partial charge in [0.1, 0.15) is 0 Å². The largest absolute Gasteiger partial charge is 0.270 e. The van der Waals surface area contributed by atoms with Crippen LogP contribution >= 0.6 is 24.0 Å². The first-order chi connectivity index (χ1) is 11.5. The van der Waals surface area contributed by atoms with E-state index in [2.05, 4.69) is 6.08 Å². The monoisotopic (exact) mass is 351 g/mol. The third-order valence-corrected chi connectivity index (χ3v) is 4.94. The van der Waals surface area contributed by atoms with Crippen molar-refractivity contribution in [2.24, 2.45) is 0 Å². The lowest BCUT2D eigenvalue weighted by molar-refractivity contribution is -0.113. The van der Waals surface area contributed by atoms with Gasteiger partial charge in [-0.3, -0.25) is 9.69 Å². The second-order valence-electron chi connectivity index (χ2n) is 5.65. The van der Waals surface area contributed by atoms with Crippen LogP contribution in [0.25, 0.3) is 6.08 Å². The highest BCUT2D eigenvalue weighted by Gasteiger charge is 2.33. The Bertz CT molecular complexity index is 836. The van der Waals surface area contributed by atoms with Gasteiger partial charge in [0.05, 0.1) is 10.6 Å². The number of carbonyl (C=O) groups is 1. The Kier molecular flexibility index (Phi) is 4.97. The van der Waals surface area contributed by atoms with Gasteiger partial charge >= 0.3 is 0 Å². The fourth-order valence-corrected chi connectivity index (χ4v) is 3.79. The molecule has 0 unspecified atom stereocenters. The molecule has 4 heteroatoms. The minimum absolute atomic E-state index is 0.0605. The summed E-state index contributed by atoms with van der Waals surface area (Å²) in [7, 11) is 0. The van der Waals surface area contributed by atoms with Crippen LogP contribution in [-0.4, -0.2) is 10.2 Å². The van der Waals surface area contributed by atoms with Crippen LogP contribution < -0.4 is 4.90 Å². The SMILES string of the molecule is CC(=Cc1ccccc1)C=C1SC(=S)N(c2ccc(C)cc2)C1=O. The predicted molar refractivity (Wildman–Crippen MR) is 107 cm³/mol. The first-order valence-electron chi connectivity index (χ1n) is 7.62. The molecule has 1 heterocycles. The molecular formula is C20H17NOS2. The number of thioether (sulfide) groups is 1. The maximum Gasteiger partial charge on any atom is 0.270 e. The zero-order valence-corrected chi connectivity index (χ0v) is 15.2. The highest BCUT2D eigenvalue weighted by molar-refractivity contribution is 8.27. The summed E-state index contributed by atoms with van der Waals surface area (Å²) < 4.78 is 0.572. The van der Waals surface area contributed by atoms with Crippen molar-refractivity contribution in [1.82, 2.24) is 0 Å². The van der Waals surface area contributed by atoms with Crippen molar-refractivity contribution >= 4 is 46.0 Å². The van der Waals surface area contributed by atoms with E-state index in [9.17, 15) is 4.79 Å². The molecule has 1 saturated heterocycles. The molecule has 3 rings (SSSR count). The molecule has 0 bridgehead atoms. The van der Waals surface area contributed by atoms with E-state index in [0.29, 0.717) is 9.23 Å². The molecule has 0 aliphatic carbocycles. The van der Waals surface area contributed by atoms with Crippen molar-refractivity contribution in [2.45, 2.75) is 13.8 Å². The van der Waals surface area contributed by atoms with E-state index in [4.69, 9.17) is 12.2 Å². The summed E-state index contributed by atoms with van der Waals surface area (Å²) >= 11 is 6.75. The summed E-state index contributed by atoms with van der Waals surface area (Å²) in [6, 6.07) is 17.9. The van der Waals surface area contributed by atoms with Crippen LogP contribution in [-0.2, 0) is 4.79 Å². The first-order valence-corrected chi connectivity index (χ1v) is 8.85. The fraction of sp³-hybridized carbons (Fsp3) is 0.100. The summed E-state index contributed by atoms with van der Waals surface area (Å²) in [6.07, 6.45) is 3.96. The maximum absolute atomic E-state index is 12.7. The Labute approximate surface area is 151 Å². The summed E-state index contributed by atoms with van der Waals surface area (Å²) in [6.45, 7) is 4.01. The fourth-order valence-electron chi connectivity index (χ4n) is 2.44. The van der Waals surface area contributed by atoms with Gasteiger partial charge < -0.3 is 0 Å². The van der Waals surface area contributed by atoms with Gasteiger partial charge in [-0.15, -0.1) is 0 Å². The van der Waals surface area contributed by atoms with E-state index in [-0.39, 0.29) is 5.91 Å². The molecule has 0 spiro atoms. The Morgan fingerprint density at radius 2 is 1.75 bits per heavy atom. The number of anilines is 1. The molecule has 0 saturated carbocycles. The van der Waals surface area contributed by atoms with Gasteiger partial charge in [0.15, 0.2) is 4.32 Å². The molecule has 0 radical (unpaired) electrons. The minimum Gasteiger partial charge on any atom is -0.268 e. The number of nitrogens with zero attached hydrogens (tertiary/aromatic N) is 1. The molecule has 2 aromatic rings. The van der Waals surface area contributed by atoms with E-state index in [1.807, 2.05) is 74.5 Å². The van der Waals surface area contributed by atoms with Crippen LogP contribution in [0, 0.1) is 6.92 Å². The molecule has 2 nitrogen and oxygen atoms in total. The van der Waals surface area contributed by atoms with Gasteiger partial charge in [0.2, 0.25) is 0 Å². The van der Waals surface area contributed by atoms with E-state index in [1.54, 1.807) is 4.90 Å². The summed E-state index contributed by atoms with van der Waals surface area (Å²) in [5.74, 6) is -0.0605. The average molecular weight is 351 g/mol. The number of thiocarbonyl (C=S) groups is 1. The first kappa shape index (κ1) is 16.7. The topological polar surface area (TPSA) is 20.3 Å². The number of hydrogen-bond donors (Lipinski definition) is 0. The third kappa shape index (κ3) is 3.66. The van der Waals surface area contributed by atoms with Crippen molar-refractivity contribution in [3.8, 4) is 0 Å². The van der Waals surface area contributed by atoms with Gasteiger partial charge in [-0.25, -0.2) is 0 Å². The smallest absolute Gasteiger partial charge is 0.268 e. The molecule has 1 amide bonds. The number of carbonyl (C=O) groups excluding carboxylic acids is 1. The van der Waals surface area contributed by atoms with Crippen molar-refractivity contribution < 1.29 is 4.79 Å². The van der Waals surface area contributed by atoms with Crippen LogP contribution in [0.5, 0.6) is 0 Å². The third-order valence-electron chi connectivity index (χ3n) is 3.64. The number of hydrogen-bond acceptors (Lipinski definition) is 3. The highest BCUT2D eigenvalue weighted by atomic mass is 32.2. The van der Waals surface area contributed by atoms with Gasteiger partial charge in [0.25, 0.3) is 5.91 Å². The molecule has 120 valence electrons. The van der Waals surface area contributed by atoms with Crippen LogP contribution in [0.2, 0.25) is 0 Å². The Morgan fingerprint density at radius 1 is 1.08 bits per heavy atom. The van der Waals surface area contributed by atoms with Crippen LogP contribution in [0.3, 0.4) is 0 Å². The van der Waals surface area contributed by atoms with Crippen molar-refractivity contribution in [3.05, 3.63) is 82.3 Å². The van der Waals surface area contributed by atoms with E-state index in [1.165, 1.54) is 11.8 Å². The zero-order chi connectivity index (χ0) is 17.1. The second-order valence-corrected chi connectivity index (χ2v) is 7.33. The molecule has 24 heavy (non-hydrogen) atoms. The Morgan fingerprint density at radius 3 is 2.42 bits per heavy atom. The molecule has 1 fully saturated rings. The molecular weight excluding hydrogens is 334 g/mol. The van der Waals surface area contributed by atoms with E-state index < -0.39 is 0 Å². The summed E-state index contributed by atoms with van der Waals surface area (Å²) in [4.78, 5) is 15.0. The normalized spacial score (nSPS) is 17.0. The van der Waals surface area contributed by atoms with Gasteiger partial charge in [-0.2, -0.15) is 0 Å². The van der Waals surface area contributed by atoms with Crippen molar-refractivity contribution in [1.29, 1.82) is 0 Å². The molecule has 0 N–H and O–H groups in total. The molecule has 1 aliphatic heterocycles. The lowest BCUT2D eigenvalue weighted by Crippen LogP contribution is -2.27. The van der Waals surface area contributed by atoms with Crippen molar-refractivity contribution in [2.75, 3.05) is 4.90 Å². The number of rotatable bonds is 3. The predicted octanol–water partition coefficient (Wildman–Crippen LogP) is 5.35. The highest BCUT2D eigenvalue weighted by Crippen LogP contribution is 2.35. The van der Waals surface area contributed by atoms with Gasteiger partial charge in [0, 0.05) is 0 Å². The Balaban J connectivity index is 1.85. The molecule has 0 aromatic heterocycles. The standard InChI is InChI=1S/C20H17NOS2/c1-14-8-10-17(11-9-14)21-19(22)18(24-20(21)23)13-15(2)12-16-6-4-3-5-7-16/h3-13H,1-2H3. The second kappa shape index (κ2) is 7.16. The average Bonchev–Trinajstić information content (AvgIpc) is 2.83. The maximum atomic E-state index is 12.7. The van der Waals surface area contributed by atoms with E-state index >= 15 is 0 Å². The van der Waals surface area contributed by atoms with Gasteiger partial charge in [-0.05, 0) is 43.2 Å².